The van der Waals surface area contributed by atoms with Gasteiger partial charge in [0.1, 0.15) is 0 Å². The van der Waals surface area contributed by atoms with Crippen molar-refractivity contribution in [3.63, 3.8) is 0 Å². The largest absolute Gasteiger partial charge is 0.341 e. The Hall–Kier alpha value is -0.880. The lowest BCUT2D eigenvalue weighted by Gasteiger charge is -2.22. The van der Waals surface area contributed by atoms with E-state index in [0.29, 0.717) is 25.9 Å². The molecule has 0 N–H and O–H groups in total. The predicted octanol–water partition coefficient (Wildman–Crippen LogP) is 2.91. The summed E-state index contributed by atoms with van der Waals surface area (Å²) in [5, 5.41) is 2.00. The quantitative estimate of drug-likeness (QED) is 0.814. The molecular formula is C15H21BrN2O2S. The highest BCUT2D eigenvalue weighted by Crippen LogP contribution is 2.21. The van der Waals surface area contributed by atoms with Crippen LogP contribution < -0.4 is 0 Å². The molecule has 1 fully saturated rings. The van der Waals surface area contributed by atoms with Crippen molar-refractivity contribution < 1.29 is 9.59 Å². The molecule has 1 aliphatic heterocycles. The second-order valence-corrected chi connectivity index (χ2v) is 7.18. The lowest BCUT2D eigenvalue weighted by atomic mass is 10.3. The first-order valence-corrected chi connectivity index (χ1v) is 9.06. The molecule has 1 aromatic heterocycles. The molecule has 1 aliphatic rings. The molecule has 0 bridgehead atoms. The minimum absolute atomic E-state index is 0.161. The van der Waals surface area contributed by atoms with Crippen LogP contribution in [0.15, 0.2) is 15.9 Å². The van der Waals surface area contributed by atoms with E-state index in [1.165, 1.54) is 0 Å². The molecule has 0 saturated carbocycles. The number of thiophene rings is 1. The molecule has 1 saturated heterocycles. The van der Waals surface area contributed by atoms with Crippen molar-refractivity contribution in [1.82, 2.24) is 9.80 Å². The maximum atomic E-state index is 12.3. The van der Waals surface area contributed by atoms with Crippen molar-refractivity contribution in [2.75, 3.05) is 26.2 Å². The Balaban J connectivity index is 1.87. The van der Waals surface area contributed by atoms with E-state index in [1.54, 1.807) is 11.3 Å². The van der Waals surface area contributed by atoms with Crippen LogP contribution in [0.5, 0.6) is 0 Å². The van der Waals surface area contributed by atoms with Gasteiger partial charge in [-0.3, -0.25) is 9.59 Å². The Morgan fingerprint density at radius 2 is 1.86 bits per heavy atom. The third kappa shape index (κ3) is 4.81. The zero-order valence-electron chi connectivity index (χ0n) is 12.3. The van der Waals surface area contributed by atoms with Gasteiger partial charge in [0.2, 0.25) is 11.8 Å². The van der Waals surface area contributed by atoms with Gasteiger partial charge in [0.05, 0.1) is 6.42 Å². The van der Waals surface area contributed by atoms with Crippen LogP contribution in [-0.4, -0.2) is 47.8 Å². The van der Waals surface area contributed by atoms with Gasteiger partial charge in [-0.2, -0.15) is 0 Å². The highest BCUT2D eigenvalue weighted by Gasteiger charge is 2.21. The second-order valence-electron chi connectivity index (χ2n) is 5.27. The number of halogens is 1. The van der Waals surface area contributed by atoms with Crippen LogP contribution in [0.1, 0.15) is 31.1 Å². The summed E-state index contributed by atoms with van der Waals surface area (Å²) < 4.78 is 1.03. The van der Waals surface area contributed by atoms with Gasteiger partial charge in [-0.1, -0.05) is 6.92 Å². The molecule has 21 heavy (non-hydrogen) atoms. The van der Waals surface area contributed by atoms with E-state index >= 15 is 0 Å². The van der Waals surface area contributed by atoms with Crippen molar-refractivity contribution in [2.45, 2.75) is 32.6 Å². The first kappa shape index (κ1) is 16.5. The molecule has 2 heterocycles. The molecular weight excluding hydrogens is 352 g/mol. The molecule has 0 unspecified atom stereocenters. The third-order valence-electron chi connectivity index (χ3n) is 3.61. The van der Waals surface area contributed by atoms with Gasteiger partial charge >= 0.3 is 0 Å². The van der Waals surface area contributed by atoms with Crippen molar-refractivity contribution in [2.24, 2.45) is 0 Å². The third-order valence-corrected chi connectivity index (χ3v) is 5.31. The van der Waals surface area contributed by atoms with E-state index in [9.17, 15) is 9.59 Å². The lowest BCUT2D eigenvalue weighted by Crippen LogP contribution is -2.37. The van der Waals surface area contributed by atoms with Crippen LogP contribution >= 0.6 is 27.3 Å². The summed E-state index contributed by atoms with van der Waals surface area (Å²) in [5.41, 5.74) is 0. The predicted molar refractivity (Wildman–Crippen MR) is 88.4 cm³/mol. The molecule has 116 valence electrons. The van der Waals surface area contributed by atoms with Crippen LogP contribution in [0, 0.1) is 0 Å². The van der Waals surface area contributed by atoms with Crippen LogP contribution in [0.25, 0.3) is 0 Å². The summed E-state index contributed by atoms with van der Waals surface area (Å²) >= 11 is 5.01. The van der Waals surface area contributed by atoms with Crippen molar-refractivity contribution in [3.05, 3.63) is 20.8 Å². The van der Waals surface area contributed by atoms with E-state index < -0.39 is 0 Å². The van der Waals surface area contributed by atoms with E-state index in [-0.39, 0.29) is 11.8 Å². The second kappa shape index (κ2) is 7.94. The zero-order valence-corrected chi connectivity index (χ0v) is 14.7. The molecule has 6 heteroatoms. The maximum Gasteiger partial charge on any atom is 0.227 e. The number of hydrogen-bond donors (Lipinski definition) is 0. The molecule has 2 rings (SSSR count). The van der Waals surface area contributed by atoms with Gasteiger partial charge in [0, 0.05) is 47.3 Å². The molecule has 0 spiro atoms. The number of rotatable bonds is 4. The van der Waals surface area contributed by atoms with E-state index in [4.69, 9.17) is 0 Å². The SMILES string of the molecule is CCCC(=O)N1CCCN(C(=O)Cc2cc(Br)cs2)CC1. The van der Waals surface area contributed by atoms with Crippen molar-refractivity contribution in [3.8, 4) is 0 Å². The average Bonchev–Trinajstić information content (AvgIpc) is 2.73. The Morgan fingerprint density at radius 3 is 2.43 bits per heavy atom. The summed E-state index contributed by atoms with van der Waals surface area (Å²) in [4.78, 5) is 29.2. The van der Waals surface area contributed by atoms with Crippen LogP contribution in [-0.2, 0) is 16.0 Å². The normalized spacial score (nSPS) is 15.9. The smallest absolute Gasteiger partial charge is 0.227 e. The average molecular weight is 373 g/mol. The molecule has 0 atom stereocenters. The van der Waals surface area contributed by atoms with Gasteiger partial charge in [-0.25, -0.2) is 0 Å². The van der Waals surface area contributed by atoms with Gasteiger partial charge < -0.3 is 9.80 Å². The summed E-state index contributed by atoms with van der Waals surface area (Å²) in [6.07, 6.45) is 2.82. The maximum absolute atomic E-state index is 12.3. The van der Waals surface area contributed by atoms with Gasteiger partial charge in [-0.15, -0.1) is 11.3 Å². The number of carbonyl (C=O) groups is 2. The highest BCUT2D eigenvalue weighted by atomic mass is 79.9. The fourth-order valence-electron chi connectivity index (χ4n) is 2.50. The monoisotopic (exact) mass is 372 g/mol. The van der Waals surface area contributed by atoms with E-state index in [2.05, 4.69) is 15.9 Å². The Labute approximate surface area is 138 Å². The van der Waals surface area contributed by atoms with Crippen molar-refractivity contribution >= 4 is 39.1 Å². The number of carbonyl (C=O) groups excluding carboxylic acids is 2. The summed E-state index contributed by atoms with van der Waals surface area (Å²) in [5.74, 6) is 0.378. The number of amides is 2. The number of hydrogen-bond acceptors (Lipinski definition) is 3. The van der Waals surface area contributed by atoms with Gasteiger partial charge in [-0.05, 0) is 34.8 Å². The first-order chi connectivity index (χ1) is 10.1. The van der Waals surface area contributed by atoms with E-state index in [0.717, 1.165) is 35.3 Å². The standard InChI is InChI=1S/C15H21BrN2O2S/c1-2-4-14(19)17-5-3-6-18(8-7-17)15(20)10-13-9-12(16)11-21-13/h9,11H,2-8,10H2,1H3. The lowest BCUT2D eigenvalue weighted by molar-refractivity contribution is -0.133. The van der Waals surface area contributed by atoms with Crippen LogP contribution in [0.2, 0.25) is 0 Å². The highest BCUT2D eigenvalue weighted by molar-refractivity contribution is 9.10. The van der Waals surface area contributed by atoms with Gasteiger partial charge in [0.15, 0.2) is 0 Å². The fraction of sp³-hybridized carbons (Fsp3) is 0.600. The minimum Gasteiger partial charge on any atom is -0.341 e. The molecule has 1 aromatic rings. The summed E-state index contributed by atoms with van der Waals surface area (Å²) in [6, 6.07) is 2.00. The van der Waals surface area contributed by atoms with E-state index in [1.807, 2.05) is 28.2 Å². The Bertz CT molecular complexity index is 504. The summed E-state index contributed by atoms with van der Waals surface area (Å²) in [7, 11) is 0. The minimum atomic E-state index is 0.161. The molecule has 0 aromatic carbocycles. The molecule has 0 aliphatic carbocycles. The van der Waals surface area contributed by atoms with Crippen LogP contribution in [0.4, 0.5) is 0 Å². The zero-order chi connectivity index (χ0) is 15.2. The van der Waals surface area contributed by atoms with Crippen molar-refractivity contribution in [1.29, 1.82) is 0 Å². The Morgan fingerprint density at radius 1 is 1.19 bits per heavy atom. The topological polar surface area (TPSA) is 40.6 Å². The fourth-order valence-corrected chi connectivity index (χ4v) is 3.94. The molecule has 4 nitrogen and oxygen atoms in total. The summed E-state index contributed by atoms with van der Waals surface area (Å²) in [6.45, 7) is 4.86. The number of nitrogens with zero attached hydrogens (tertiary/aromatic N) is 2. The molecule has 0 radical (unpaired) electrons. The van der Waals surface area contributed by atoms with Gasteiger partial charge in [0.25, 0.3) is 0 Å². The molecule has 2 amide bonds. The van der Waals surface area contributed by atoms with Crippen LogP contribution in [0.3, 0.4) is 0 Å². The first-order valence-electron chi connectivity index (χ1n) is 7.38. The Kier molecular flexibility index (Phi) is 6.23.